The van der Waals surface area contributed by atoms with Gasteiger partial charge in [0, 0.05) is 13.1 Å². The number of hydrogen-bond acceptors (Lipinski definition) is 2. The third-order valence-corrected chi connectivity index (χ3v) is 3.33. The standard InChI is InChI=1S/C15H22N2O/c1-2-12-3-5-13(6-4-12)9-16-11-15(18)17-10-14-7-8-14/h3-6,14,16H,2,7-11H2,1H3,(H,17,18). The Hall–Kier alpha value is -1.35. The Morgan fingerprint density at radius 3 is 2.50 bits per heavy atom. The summed E-state index contributed by atoms with van der Waals surface area (Å²) >= 11 is 0. The molecule has 1 aliphatic rings. The van der Waals surface area contributed by atoms with E-state index in [-0.39, 0.29) is 5.91 Å². The largest absolute Gasteiger partial charge is 0.355 e. The molecule has 0 aromatic heterocycles. The van der Waals surface area contributed by atoms with E-state index in [9.17, 15) is 4.79 Å². The van der Waals surface area contributed by atoms with Crippen LogP contribution in [0.25, 0.3) is 0 Å². The van der Waals surface area contributed by atoms with E-state index in [4.69, 9.17) is 0 Å². The highest BCUT2D eigenvalue weighted by Gasteiger charge is 2.21. The SMILES string of the molecule is CCc1ccc(CNCC(=O)NCC2CC2)cc1. The van der Waals surface area contributed by atoms with Gasteiger partial charge in [0.25, 0.3) is 0 Å². The molecule has 0 spiro atoms. The fraction of sp³-hybridized carbons (Fsp3) is 0.533. The molecule has 2 rings (SSSR count). The minimum Gasteiger partial charge on any atom is -0.355 e. The second-order valence-corrected chi connectivity index (χ2v) is 5.02. The van der Waals surface area contributed by atoms with E-state index in [0.717, 1.165) is 25.4 Å². The average molecular weight is 246 g/mol. The zero-order chi connectivity index (χ0) is 12.8. The number of hydrogen-bond donors (Lipinski definition) is 2. The van der Waals surface area contributed by atoms with E-state index < -0.39 is 0 Å². The summed E-state index contributed by atoms with van der Waals surface area (Å²) in [4.78, 5) is 11.5. The predicted octanol–water partition coefficient (Wildman–Crippen LogP) is 1.86. The van der Waals surface area contributed by atoms with Gasteiger partial charge in [0.15, 0.2) is 0 Å². The summed E-state index contributed by atoms with van der Waals surface area (Å²) in [5, 5.41) is 6.12. The molecule has 0 heterocycles. The molecule has 2 N–H and O–H groups in total. The molecule has 0 bridgehead atoms. The van der Waals surface area contributed by atoms with Gasteiger partial charge in [0.05, 0.1) is 6.54 Å². The maximum absolute atomic E-state index is 11.5. The Bertz CT molecular complexity index is 382. The number of amides is 1. The number of carbonyl (C=O) groups excluding carboxylic acids is 1. The van der Waals surface area contributed by atoms with Gasteiger partial charge >= 0.3 is 0 Å². The molecule has 1 aromatic rings. The zero-order valence-corrected chi connectivity index (χ0v) is 11.0. The first kappa shape index (κ1) is 13.1. The molecule has 1 aromatic carbocycles. The highest BCUT2D eigenvalue weighted by Crippen LogP contribution is 2.27. The van der Waals surface area contributed by atoms with E-state index in [2.05, 4.69) is 41.8 Å². The second kappa shape index (κ2) is 6.55. The van der Waals surface area contributed by atoms with Crippen LogP contribution in [0.2, 0.25) is 0 Å². The fourth-order valence-corrected chi connectivity index (χ4v) is 1.86. The summed E-state index contributed by atoms with van der Waals surface area (Å²) in [5.74, 6) is 0.850. The van der Waals surface area contributed by atoms with Crippen molar-refractivity contribution >= 4 is 5.91 Å². The Morgan fingerprint density at radius 2 is 1.89 bits per heavy atom. The van der Waals surface area contributed by atoms with Crippen molar-refractivity contribution in [2.45, 2.75) is 32.7 Å². The quantitative estimate of drug-likeness (QED) is 0.771. The summed E-state index contributed by atoms with van der Waals surface area (Å²) < 4.78 is 0. The van der Waals surface area contributed by atoms with E-state index in [1.165, 1.54) is 24.0 Å². The predicted molar refractivity (Wildman–Crippen MR) is 73.3 cm³/mol. The van der Waals surface area contributed by atoms with Crippen LogP contribution in [-0.4, -0.2) is 19.0 Å². The number of aryl methyl sites for hydroxylation is 1. The van der Waals surface area contributed by atoms with Crippen molar-refractivity contribution < 1.29 is 4.79 Å². The topological polar surface area (TPSA) is 41.1 Å². The molecule has 1 fully saturated rings. The zero-order valence-electron chi connectivity index (χ0n) is 11.0. The van der Waals surface area contributed by atoms with Gasteiger partial charge in [-0.05, 0) is 36.3 Å². The van der Waals surface area contributed by atoms with E-state index in [0.29, 0.717) is 6.54 Å². The van der Waals surface area contributed by atoms with Gasteiger partial charge in [-0.25, -0.2) is 0 Å². The first-order valence-corrected chi connectivity index (χ1v) is 6.83. The van der Waals surface area contributed by atoms with Crippen molar-refractivity contribution in [2.75, 3.05) is 13.1 Å². The van der Waals surface area contributed by atoms with E-state index >= 15 is 0 Å². The summed E-state index contributed by atoms with van der Waals surface area (Å²) in [6.07, 6.45) is 3.62. The lowest BCUT2D eigenvalue weighted by Gasteiger charge is -2.06. The van der Waals surface area contributed by atoms with Gasteiger partial charge in [-0.2, -0.15) is 0 Å². The smallest absolute Gasteiger partial charge is 0.233 e. The lowest BCUT2D eigenvalue weighted by molar-refractivity contribution is -0.120. The number of carbonyl (C=O) groups is 1. The maximum atomic E-state index is 11.5. The molecule has 0 saturated heterocycles. The van der Waals surface area contributed by atoms with Crippen LogP contribution in [0, 0.1) is 5.92 Å². The first-order chi connectivity index (χ1) is 8.78. The van der Waals surface area contributed by atoms with Gasteiger partial charge in [0.1, 0.15) is 0 Å². The van der Waals surface area contributed by atoms with Crippen LogP contribution in [0.5, 0.6) is 0 Å². The summed E-state index contributed by atoms with van der Waals surface area (Å²) in [6, 6.07) is 8.52. The molecule has 98 valence electrons. The molecule has 3 heteroatoms. The van der Waals surface area contributed by atoms with E-state index in [1.807, 2.05) is 0 Å². The molecule has 1 aliphatic carbocycles. The maximum Gasteiger partial charge on any atom is 0.233 e. The Morgan fingerprint density at radius 1 is 1.22 bits per heavy atom. The van der Waals surface area contributed by atoms with Gasteiger partial charge in [-0.3, -0.25) is 4.79 Å². The first-order valence-electron chi connectivity index (χ1n) is 6.83. The fourth-order valence-electron chi connectivity index (χ4n) is 1.86. The van der Waals surface area contributed by atoms with Crippen molar-refractivity contribution in [1.29, 1.82) is 0 Å². The van der Waals surface area contributed by atoms with Gasteiger partial charge in [-0.15, -0.1) is 0 Å². The van der Waals surface area contributed by atoms with Crippen molar-refractivity contribution in [2.24, 2.45) is 5.92 Å². The normalized spacial score (nSPS) is 14.5. The minimum absolute atomic E-state index is 0.104. The second-order valence-electron chi connectivity index (χ2n) is 5.02. The number of rotatable bonds is 7. The Kier molecular flexibility index (Phi) is 4.76. The van der Waals surface area contributed by atoms with Crippen LogP contribution in [0.4, 0.5) is 0 Å². The lowest BCUT2D eigenvalue weighted by atomic mass is 10.1. The van der Waals surface area contributed by atoms with Crippen molar-refractivity contribution in [3.63, 3.8) is 0 Å². The highest BCUT2D eigenvalue weighted by molar-refractivity contribution is 5.77. The third-order valence-electron chi connectivity index (χ3n) is 3.33. The van der Waals surface area contributed by atoms with Crippen LogP contribution in [0.1, 0.15) is 30.9 Å². The van der Waals surface area contributed by atoms with Gasteiger partial charge in [-0.1, -0.05) is 31.2 Å². The van der Waals surface area contributed by atoms with Gasteiger partial charge in [0.2, 0.25) is 5.91 Å². The molecule has 0 radical (unpaired) electrons. The Balaban J connectivity index is 1.62. The molecule has 1 amide bonds. The summed E-state index contributed by atoms with van der Waals surface area (Å²) in [5.41, 5.74) is 2.57. The summed E-state index contributed by atoms with van der Waals surface area (Å²) in [7, 11) is 0. The molecular formula is C15H22N2O. The average Bonchev–Trinajstić information content (AvgIpc) is 3.21. The molecule has 18 heavy (non-hydrogen) atoms. The number of benzene rings is 1. The molecular weight excluding hydrogens is 224 g/mol. The van der Waals surface area contributed by atoms with Crippen molar-refractivity contribution in [1.82, 2.24) is 10.6 Å². The molecule has 0 aliphatic heterocycles. The lowest BCUT2D eigenvalue weighted by Crippen LogP contribution is -2.34. The van der Waals surface area contributed by atoms with Crippen molar-refractivity contribution in [3.05, 3.63) is 35.4 Å². The van der Waals surface area contributed by atoms with Crippen LogP contribution >= 0.6 is 0 Å². The number of nitrogens with one attached hydrogen (secondary N) is 2. The molecule has 3 nitrogen and oxygen atoms in total. The Labute approximate surface area is 109 Å². The van der Waals surface area contributed by atoms with Gasteiger partial charge < -0.3 is 10.6 Å². The molecule has 0 unspecified atom stereocenters. The van der Waals surface area contributed by atoms with Crippen LogP contribution in [0.15, 0.2) is 24.3 Å². The molecule has 1 saturated carbocycles. The molecule has 0 atom stereocenters. The minimum atomic E-state index is 0.104. The highest BCUT2D eigenvalue weighted by atomic mass is 16.1. The summed E-state index contributed by atoms with van der Waals surface area (Å²) in [6.45, 7) is 4.16. The van der Waals surface area contributed by atoms with Crippen molar-refractivity contribution in [3.8, 4) is 0 Å². The van der Waals surface area contributed by atoms with Crippen LogP contribution in [0.3, 0.4) is 0 Å². The van der Waals surface area contributed by atoms with E-state index in [1.54, 1.807) is 0 Å². The monoisotopic (exact) mass is 246 g/mol. The van der Waals surface area contributed by atoms with Crippen LogP contribution in [-0.2, 0) is 17.8 Å². The van der Waals surface area contributed by atoms with Crippen LogP contribution < -0.4 is 10.6 Å². The third kappa shape index (κ3) is 4.49.